The number of nitrogens with zero attached hydrogens (tertiary/aromatic N) is 4. The summed E-state index contributed by atoms with van der Waals surface area (Å²) in [4.78, 5) is 12.1. The van der Waals surface area contributed by atoms with E-state index in [0.717, 1.165) is 0 Å². The number of aromatic nitrogens is 4. The standard InChI is InChI=1S/C16H15Cl2FN4O/c1-7(2)23-12-5-9(13-10(17)6-20-16(18)22-13)4-11(19)14(12)21-15(23)8(3)24/h4-8,24H,1-3H3. The highest BCUT2D eigenvalue weighted by Gasteiger charge is 2.21. The molecule has 0 bridgehead atoms. The summed E-state index contributed by atoms with van der Waals surface area (Å²) in [5.74, 6) is -0.113. The Hall–Kier alpha value is -1.76. The van der Waals surface area contributed by atoms with Gasteiger partial charge in [0, 0.05) is 11.6 Å². The average Bonchev–Trinajstić information content (AvgIpc) is 2.90. The first-order valence-electron chi connectivity index (χ1n) is 7.37. The van der Waals surface area contributed by atoms with E-state index in [9.17, 15) is 9.50 Å². The van der Waals surface area contributed by atoms with Crippen molar-refractivity contribution in [3.8, 4) is 11.3 Å². The molecule has 0 radical (unpaired) electrons. The fourth-order valence-electron chi connectivity index (χ4n) is 2.69. The van der Waals surface area contributed by atoms with Gasteiger partial charge in [-0.15, -0.1) is 0 Å². The van der Waals surface area contributed by atoms with Crippen molar-refractivity contribution in [2.24, 2.45) is 0 Å². The van der Waals surface area contributed by atoms with Crippen molar-refractivity contribution in [1.82, 2.24) is 19.5 Å². The number of benzene rings is 1. The van der Waals surface area contributed by atoms with E-state index in [0.29, 0.717) is 22.6 Å². The molecule has 2 aromatic heterocycles. The molecule has 3 aromatic rings. The lowest BCUT2D eigenvalue weighted by molar-refractivity contribution is 0.182. The van der Waals surface area contributed by atoms with Crippen molar-refractivity contribution in [3.05, 3.63) is 40.3 Å². The van der Waals surface area contributed by atoms with Crippen LogP contribution in [0.15, 0.2) is 18.3 Å². The van der Waals surface area contributed by atoms with E-state index in [4.69, 9.17) is 23.2 Å². The number of fused-ring (bicyclic) bond motifs is 1. The van der Waals surface area contributed by atoms with Gasteiger partial charge in [-0.05, 0) is 44.5 Å². The predicted octanol–water partition coefficient (Wildman–Crippen LogP) is 4.57. The van der Waals surface area contributed by atoms with Gasteiger partial charge in [0.15, 0.2) is 5.82 Å². The van der Waals surface area contributed by atoms with E-state index in [1.807, 2.05) is 13.8 Å². The molecule has 1 unspecified atom stereocenters. The fraction of sp³-hybridized carbons (Fsp3) is 0.312. The Labute approximate surface area is 148 Å². The van der Waals surface area contributed by atoms with E-state index >= 15 is 0 Å². The average molecular weight is 369 g/mol. The molecule has 8 heteroatoms. The highest BCUT2D eigenvalue weighted by atomic mass is 35.5. The van der Waals surface area contributed by atoms with Crippen LogP contribution in [-0.4, -0.2) is 24.6 Å². The molecule has 0 aliphatic carbocycles. The quantitative estimate of drug-likeness (QED) is 0.687. The minimum absolute atomic E-state index is 0.0151. The van der Waals surface area contributed by atoms with Gasteiger partial charge in [-0.25, -0.2) is 19.3 Å². The van der Waals surface area contributed by atoms with E-state index in [1.54, 1.807) is 17.6 Å². The number of rotatable bonds is 3. The van der Waals surface area contributed by atoms with Crippen molar-refractivity contribution >= 4 is 34.2 Å². The van der Waals surface area contributed by atoms with E-state index in [-0.39, 0.29) is 21.9 Å². The van der Waals surface area contributed by atoms with Crippen LogP contribution in [0.3, 0.4) is 0 Å². The summed E-state index contributed by atoms with van der Waals surface area (Å²) in [7, 11) is 0. The summed E-state index contributed by atoms with van der Waals surface area (Å²) in [5.41, 5.74) is 1.56. The first-order valence-corrected chi connectivity index (χ1v) is 8.13. The zero-order valence-electron chi connectivity index (χ0n) is 13.3. The molecule has 3 rings (SSSR count). The van der Waals surface area contributed by atoms with Gasteiger partial charge in [0.1, 0.15) is 17.4 Å². The third kappa shape index (κ3) is 2.85. The van der Waals surface area contributed by atoms with Crippen molar-refractivity contribution in [2.45, 2.75) is 32.9 Å². The summed E-state index contributed by atoms with van der Waals surface area (Å²) < 4.78 is 16.4. The molecule has 0 saturated carbocycles. The van der Waals surface area contributed by atoms with Crippen molar-refractivity contribution in [2.75, 3.05) is 0 Å². The summed E-state index contributed by atoms with van der Waals surface area (Å²) >= 11 is 12.0. The topological polar surface area (TPSA) is 63.8 Å². The van der Waals surface area contributed by atoms with Crippen LogP contribution < -0.4 is 0 Å². The molecular weight excluding hydrogens is 354 g/mol. The van der Waals surface area contributed by atoms with Crippen LogP contribution in [0.4, 0.5) is 4.39 Å². The number of aliphatic hydroxyl groups is 1. The summed E-state index contributed by atoms with van der Waals surface area (Å²) in [6, 6.07) is 3.02. The van der Waals surface area contributed by atoms with Gasteiger partial charge in [-0.1, -0.05) is 11.6 Å². The summed E-state index contributed by atoms with van der Waals surface area (Å²) in [5, 5.41) is 10.2. The third-order valence-corrected chi connectivity index (χ3v) is 4.11. The van der Waals surface area contributed by atoms with Gasteiger partial charge in [0.25, 0.3) is 0 Å². The fourth-order valence-corrected chi connectivity index (χ4v) is 3.03. The molecule has 24 heavy (non-hydrogen) atoms. The number of imidazole rings is 1. The minimum Gasteiger partial charge on any atom is -0.385 e. The lowest BCUT2D eigenvalue weighted by atomic mass is 10.1. The SMILES string of the molecule is CC(O)c1nc2c(F)cc(-c3nc(Cl)ncc3Cl)cc2n1C(C)C. The Morgan fingerprint density at radius 2 is 1.88 bits per heavy atom. The molecule has 0 spiro atoms. The molecular formula is C16H15Cl2FN4O. The van der Waals surface area contributed by atoms with Gasteiger partial charge >= 0.3 is 0 Å². The van der Waals surface area contributed by atoms with E-state index in [1.165, 1.54) is 12.3 Å². The molecule has 0 aliphatic heterocycles. The second-order valence-electron chi connectivity index (χ2n) is 5.77. The second kappa shape index (κ2) is 6.27. The molecule has 0 aliphatic rings. The maximum absolute atomic E-state index is 14.6. The third-order valence-electron chi connectivity index (χ3n) is 3.65. The zero-order chi connectivity index (χ0) is 17.6. The molecule has 0 fully saturated rings. The van der Waals surface area contributed by atoms with E-state index < -0.39 is 11.9 Å². The monoisotopic (exact) mass is 368 g/mol. The molecule has 126 valence electrons. The molecule has 5 nitrogen and oxygen atoms in total. The lowest BCUT2D eigenvalue weighted by Crippen LogP contribution is -2.08. The van der Waals surface area contributed by atoms with Crippen LogP contribution in [0.25, 0.3) is 22.3 Å². The minimum atomic E-state index is -0.820. The maximum atomic E-state index is 14.6. The Morgan fingerprint density at radius 1 is 1.17 bits per heavy atom. The highest BCUT2D eigenvalue weighted by molar-refractivity contribution is 6.33. The van der Waals surface area contributed by atoms with Crippen LogP contribution in [-0.2, 0) is 0 Å². The first-order chi connectivity index (χ1) is 11.3. The smallest absolute Gasteiger partial charge is 0.222 e. The molecule has 0 saturated heterocycles. The van der Waals surface area contributed by atoms with Crippen LogP contribution in [0.5, 0.6) is 0 Å². The number of hydrogen-bond donors (Lipinski definition) is 1. The zero-order valence-corrected chi connectivity index (χ0v) is 14.8. The van der Waals surface area contributed by atoms with Crippen molar-refractivity contribution in [3.63, 3.8) is 0 Å². The molecule has 1 atom stereocenters. The predicted molar refractivity (Wildman–Crippen MR) is 91.8 cm³/mol. The van der Waals surface area contributed by atoms with Gasteiger partial charge in [-0.2, -0.15) is 0 Å². The van der Waals surface area contributed by atoms with Gasteiger partial charge in [-0.3, -0.25) is 0 Å². The van der Waals surface area contributed by atoms with Crippen LogP contribution >= 0.6 is 23.2 Å². The summed E-state index contributed by atoms with van der Waals surface area (Å²) in [6.45, 7) is 5.47. The second-order valence-corrected chi connectivity index (χ2v) is 6.52. The van der Waals surface area contributed by atoms with Crippen LogP contribution in [0, 0.1) is 5.82 Å². The Bertz CT molecular complexity index is 924. The van der Waals surface area contributed by atoms with Crippen molar-refractivity contribution in [1.29, 1.82) is 0 Å². The maximum Gasteiger partial charge on any atom is 0.222 e. The van der Waals surface area contributed by atoms with Crippen LogP contribution in [0.1, 0.15) is 38.7 Å². The molecule has 0 amide bonds. The first kappa shape index (κ1) is 17.1. The number of halogens is 3. The van der Waals surface area contributed by atoms with Crippen LogP contribution in [0.2, 0.25) is 10.3 Å². The Kier molecular flexibility index (Phi) is 4.46. The lowest BCUT2D eigenvalue weighted by Gasteiger charge is -2.15. The van der Waals surface area contributed by atoms with E-state index in [2.05, 4.69) is 15.0 Å². The Morgan fingerprint density at radius 3 is 2.50 bits per heavy atom. The molecule has 2 heterocycles. The largest absolute Gasteiger partial charge is 0.385 e. The van der Waals surface area contributed by atoms with Crippen molar-refractivity contribution < 1.29 is 9.50 Å². The number of hydrogen-bond acceptors (Lipinski definition) is 4. The normalized spacial score (nSPS) is 13.0. The number of aliphatic hydroxyl groups excluding tert-OH is 1. The molecule has 1 N–H and O–H groups in total. The molecule has 1 aromatic carbocycles. The van der Waals surface area contributed by atoms with Gasteiger partial charge in [0.05, 0.1) is 22.4 Å². The van der Waals surface area contributed by atoms with Gasteiger partial charge < -0.3 is 9.67 Å². The Balaban J connectivity index is 2.33. The van der Waals surface area contributed by atoms with Gasteiger partial charge in [0.2, 0.25) is 5.28 Å². The highest BCUT2D eigenvalue weighted by Crippen LogP contribution is 2.33. The summed E-state index contributed by atoms with van der Waals surface area (Å²) in [6.07, 6.45) is 0.551.